The topological polar surface area (TPSA) is 103 Å². The van der Waals surface area contributed by atoms with Crippen molar-refractivity contribution in [3.8, 4) is 0 Å². The minimum Gasteiger partial charge on any atom is -0.367 e. The predicted octanol–water partition coefficient (Wildman–Crippen LogP) is 2.51. The number of carbonyl (C=O) groups is 1. The Morgan fingerprint density at radius 3 is 2.46 bits per heavy atom. The summed E-state index contributed by atoms with van der Waals surface area (Å²) in [6.45, 7) is -0.682. The van der Waals surface area contributed by atoms with Crippen LogP contribution in [0.15, 0.2) is 17.0 Å². The fourth-order valence-corrected chi connectivity index (χ4v) is 3.50. The Balaban J connectivity index is 2.39. The number of aryl methyl sites for hydroxylation is 1. The minimum atomic E-state index is -4.60. The summed E-state index contributed by atoms with van der Waals surface area (Å²) in [6, 6.07) is 2.24. The lowest BCUT2D eigenvalue weighted by Gasteiger charge is -2.15. The summed E-state index contributed by atoms with van der Waals surface area (Å²) in [4.78, 5) is 12.2. The Morgan fingerprint density at radius 1 is 1.32 bits per heavy atom. The highest BCUT2D eigenvalue weighted by Gasteiger charge is 2.29. The third-order valence-electron chi connectivity index (χ3n) is 3.67. The van der Waals surface area contributed by atoms with Crippen molar-refractivity contribution in [3.05, 3.63) is 34.1 Å². The highest BCUT2D eigenvalue weighted by Crippen LogP contribution is 2.30. The fourth-order valence-electron chi connectivity index (χ4n) is 2.21. The number of amides is 1. The molecule has 0 saturated carbocycles. The van der Waals surface area contributed by atoms with Crippen LogP contribution < -0.4 is 5.32 Å². The van der Waals surface area contributed by atoms with E-state index in [-0.39, 0.29) is 27.0 Å². The molecule has 13 heteroatoms. The van der Waals surface area contributed by atoms with Crippen LogP contribution in [0.1, 0.15) is 21.7 Å². The molecule has 2 rings (SSSR count). The van der Waals surface area contributed by atoms with Crippen LogP contribution in [0.2, 0.25) is 5.02 Å². The molecule has 1 aromatic heterocycles. The first kappa shape index (κ1) is 22.1. The predicted molar refractivity (Wildman–Crippen MR) is 94.0 cm³/mol. The van der Waals surface area contributed by atoms with Crippen LogP contribution in [0.4, 0.5) is 19.1 Å². The summed E-state index contributed by atoms with van der Waals surface area (Å²) in [5, 5.41) is 9.65. The van der Waals surface area contributed by atoms with Gasteiger partial charge in [0.15, 0.2) is 9.84 Å². The number of benzene rings is 1. The van der Waals surface area contributed by atoms with Gasteiger partial charge in [-0.1, -0.05) is 11.6 Å². The van der Waals surface area contributed by atoms with Crippen molar-refractivity contribution in [1.29, 1.82) is 0 Å². The molecule has 28 heavy (non-hydrogen) atoms. The molecule has 0 atom stereocenters. The second-order valence-corrected chi connectivity index (χ2v) is 8.23. The molecular formula is C15H16ClF3N4O4S. The SMILES string of the molecule is Cc1nnc(NC(=O)c2ccc(S(C)(=O)=O)c(COCC(F)(F)F)c2Cl)n1C. The van der Waals surface area contributed by atoms with E-state index in [1.807, 2.05) is 0 Å². The van der Waals surface area contributed by atoms with Crippen molar-refractivity contribution >= 4 is 33.3 Å². The Morgan fingerprint density at radius 2 is 1.96 bits per heavy atom. The van der Waals surface area contributed by atoms with Gasteiger partial charge in [0.05, 0.1) is 22.1 Å². The number of alkyl halides is 3. The van der Waals surface area contributed by atoms with Crippen molar-refractivity contribution in [3.63, 3.8) is 0 Å². The molecule has 0 fully saturated rings. The van der Waals surface area contributed by atoms with E-state index in [1.54, 1.807) is 14.0 Å². The van der Waals surface area contributed by atoms with E-state index in [0.29, 0.717) is 5.82 Å². The van der Waals surface area contributed by atoms with Gasteiger partial charge in [-0.2, -0.15) is 13.2 Å². The molecule has 0 saturated heterocycles. The number of carbonyl (C=O) groups excluding carboxylic acids is 1. The molecular weight excluding hydrogens is 425 g/mol. The summed E-state index contributed by atoms with van der Waals surface area (Å²) in [7, 11) is -2.22. The number of sulfone groups is 1. The number of ether oxygens (including phenoxy) is 1. The van der Waals surface area contributed by atoms with Gasteiger partial charge in [0.25, 0.3) is 5.91 Å². The quantitative estimate of drug-likeness (QED) is 0.740. The zero-order valence-electron chi connectivity index (χ0n) is 15.0. The molecule has 8 nitrogen and oxygen atoms in total. The zero-order chi connectivity index (χ0) is 21.3. The van der Waals surface area contributed by atoms with E-state index in [1.165, 1.54) is 4.57 Å². The molecule has 1 aromatic carbocycles. The van der Waals surface area contributed by atoms with E-state index < -0.39 is 35.1 Å². The number of rotatable bonds is 6. The summed E-state index contributed by atoms with van der Waals surface area (Å²) in [5.41, 5.74) is -0.393. The van der Waals surface area contributed by atoms with E-state index in [9.17, 15) is 26.4 Å². The Labute approximate surface area is 163 Å². The molecule has 2 aromatic rings. The highest BCUT2D eigenvalue weighted by atomic mass is 35.5. The number of hydrogen-bond donors (Lipinski definition) is 1. The number of aromatic nitrogens is 3. The molecule has 0 unspecified atom stereocenters. The highest BCUT2D eigenvalue weighted by molar-refractivity contribution is 7.90. The monoisotopic (exact) mass is 440 g/mol. The largest absolute Gasteiger partial charge is 0.411 e. The van der Waals surface area contributed by atoms with Crippen LogP contribution >= 0.6 is 11.6 Å². The number of hydrogen-bond acceptors (Lipinski definition) is 6. The lowest BCUT2D eigenvalue weighted by molar-refractivity contribution is -0.176. The van der Waals surface area contributed by atoms with Gasteiger partial charge in [-0.25, -0.2) is 8.42 Å². The van der Waals surface area contributed by atoms with Gasteiger partial charge < -0.3 is 9.30 Å². The third-order valence-corrected chi connectivity index (χ3v) is 5.29. The number of halogens is 4. The molecule has 1 heterocycles. The minimum absolute atomic E-state index is 0.112. The molecule has 0 aliphatic heterocycles. The standard InChI is InChI=1S/C15H16ClF3N4O4S/c1-8-21-22-14(23(8)2)20-13(24)9-4-5-11(28(3,25)26)10(12(9)16)6-27-7-15(17,18)19/h4-5H,6-7H2,1-3H3,(H,20,22,24). The van der Waals surface area contributed by atoms with Crippen molar-refractivity contribution in [2.75, 3.05) is 18.2 Å². The maximum absolute atomic E-state index is 12.5. The number of anilines is 1. The molecule has 0 radical (unpaired) electrons. The van der Waals surface area contributed by atoms with Gasteiger partial charge in [0.2, 0.25) is 5.95 Å². The van der Waals surface area contributed by atoms with E-state index >= 15 is 0 Å². The molecule has 1 amide bonds. The molecule has 0 spiro atoms. The van der Waals surface area contributed by atoms with Gasteiger partial charge in [0, 0.05) is 18.9 Å². The first-order valence-corrected chi connectivity index (χ1v) is 9.91. The van der Waals surface area contributed by atoms with Gasteiger partial charge in [-0.3, -0.25) is 10.1 Å². The number of nitrogens with zero attached hydrogens (tertiary/aromatic N) is 3. The lowest BCUT2D eigenvalue weighted by Crippen LogP contribution is -2.19. The second-order valence-electron chi connectivity index (χ2n) is 5.87. The summed E-state index contributed by atoms with van der Waals surface area (Å²) in [5.74, 6) is -0.103. The molecule has 0 aliphatic carbocycles. The van der Waals surface area contributed by atoms with Gasteiger partial charge in [-0.15, -0.1) is 10.2 Å². The molecule has 154 valence electrons. The summed E-state index contributed by atoms with van der Waals surface area (Å²) < 4.78 is 66.9. The summed E-state index contributed by atoms with van der Waals surface area (Å²) in [6.07, 6.45) is -3.73. The van der Waals surface area contributed by atoms with Crippen LogP contribution in [0, 0.1) is 6.92 Å². The van der Waals surface area contributed by atoms with Gasteiger partial charge in [0.1, 0.15) is 12.4 Å². The van der Waals surface area contributed by atoms with Crippen molar-refractivity contribution < 1.29 is 31.1 Å². The normalized spacial score (nSPS) is 12.2. The first-order valence-electron chi connectivity index (χ1n) is 7.64. The smallest absolute Gasteiger partial charge is 0.367 e. The maximum atomic E-state index is 12.5. The third kappa shape index (κ3) is 5.20. The molecule has 0 bridgehead atoms. The zero-order valence-corrected chi connectivity index (χ0v) is 16.5. The summed E-state index contributed by atoms with van der Waals surface area (Å²) >= 11 is 6.15. The van der Waals surface area contributed by atoms with E-state index in [2.05, 4.69) is 20.3 Å². The van der Waals surface area contributed by atoms with Crippen LogP contribution in [-0.2, 0) is 28.2 Å². The Hall–Kier alpha value is -2.18. The molecule has 0 aliphatic rings. The first-order chi connectivity index (χ1) is 12.8. The van der Waals surface area contributed by atoms with E-state index in [0.717, 1.165) is 18.4 Å². The van der Waals surface area contributed by atoms with E-state index in [4.69, 9.17) is 11.6 Å². The van der Waals surface area contributed by atoms with Crippen molar-refractivity contribution in [2.45, 2.75) is 24.6 Å². The second kappa shape index (κ2) is 8.05. The number of nitrogens with one attached hydrogen (secondary N) is 1. The van der Waals surface area contributed by atoms with Crippen LogP contribution in [0.25, 0.3) is 0 Å². The van der Waals surface area contributed by atoms with Gasteiger partial charge >= 0.3 is 6.18 Å². The maximum Gasteiger partial charge on any atom is 0.411 e. The van der Waals surface area contributed by atoms with Crippen molar-refractivity contribution in [2.24, 2.45) is 7.05 Å². The van der Waals surface area contributed by atoms with Crippen LogP contribution in [-0.4, -0.2) is 48.1 Å². The Bertz CT molecular complexity index is 1010. The van der Waals surface area contributed by atoms with Crippen molar-refractivity contribution in [1.82, 2.24) is 14.8 Å². The average molecular weight is 441 g/mol. The fraction of sp³-hybridized carbons (Fsp3) is 0.400. The van der Waals surface area contributed by atoms with Gasteiger partial charge in [-0.05, 0) is 19.1 Å². The average Bonchev–Trinajstić information content (AvgIpc) is 2.86. The van der Waals surface area contributed by atoms with Crippen LogP contribution in [0.5, 0.6) is 0 Å². The Kier molecular flexibility index (Phi) is 6.36. The van der Waals surface area contributed by atoms with Crippen LogP contribution in [0.3, 0.4) is 0 Å². The molecule has 1 N–H and O–H groups in total. The lowest BCUT2D eigenvalue weighted by atomic mass is 10.1.